The quantitative estimate of drug-likeness (QED) is 0.299. The predicted octanol–water partition coefficient (Wildman–Crippen LogP) is 5.01. The van der Waals surface area contributed by atoms with Crippen LogP contribution in [0.1, 0.15) is 52.5 Å². The van der Waals surface area contributed by atoms with E-state index in [4.69, 9.17) is 21.1 Å². The largest absolute Gasteiger partial charge is 0.510 e. The maximum absolute atomic E-state index is 14.8. The van der Waals surface area contributed by atoms with Crippen LogP contribution in [0, 0.1) is 0 Å². The van der Waals surface area contributed by atoms with Crippen LogP contribution in [0.25, 0.3) is 0 Å². The molecule has 3 saturated carbocycles. The van der Waals surface area contributed by atoms with E-state index in [1.54, 1.807) is 21.3 Å². The van der Waals surface area contributed by atoms with Crippen molar-refractivity contribution in [3.63, 3.8) is 0 Å². The summed E-state index contributed by atoms with van der Waals surface area (Å²) in [5.74, 6) is -0.0254. The molecule has 12 heteroatoms. The SMILES string of the molecule is COC(=O)OCOc1c2n(ccc1=O)N([C@@H]1c3ccccc3SCc3cccc(Cl)c31)CN(C13CC(F)(C1)C3)C2=O. The summed E-state index contributed by atoms with van der Waals surface area (Å²) in [5, 5.41) is 2.55. The molecule has 3 aliphatic carbocycles. The third-order valence-electron chi connectivity index (χ3n) is 8.41. The van der Waals surface area contributed by atoms with Crippen molar-refractivity contribution in [2.24, 2.45) is 0 Å². The summed E-state index contributed by atoms with van der Waals surface area (Å²) in [4.78, 5) is 41.5. The highest BCUT2D eigenvalue weighted by atomic mass is 35.5. The van der Waals surface area contributed by atoms with E-state index in [1.807, 2.05) is 41.4 Å². The number of aromatic nitrogens is 1. The Labute approximate surface area is 243 Å². The number of methoxy groups -OCH3 is 1. The van der Waals surface area contributed by atoms with Crippen LogP contribution in [-0.4, -0.2) is 53.4 Å². The van der Waals surface area contributed by atoms with Crippen LogP contribution in [0.3, 0.4) is 0 Å². The molecule has 0 unspecified atom stereocenters. The number of amides is 1. The molecule has 3 aromatic rings. The summed E-state index contributed by atoms with van der Waals surface area (Å²) < 4.78 is 31.3. The van der Waals surface area contributed by atoms with Crippen molar-refractivity contribution in [1.82, 2.24) is 9.58 Å². The van der Waals surface area contributed by atoms with Crippen LogP contribution in [0.2, 0.25) is 5.02 Å². The molecule has 212 valence electrons. The van der Waals surface area contributed by atoms with Gasteiger partial charge in [0.15, 0.2) is 5.69 Å². The lowest BCUT2D eigenvalue weighted by Gasteiger charge is -2.70. The molecule has 2 aliphatic heterocycles. The van der Waals surface area contributed by atoms with E-state index in [2.05, 4.69) is 10.8 Å². The molecular formula is C29H25ClFN3O6S. The number of fused-ring (bicyclic) bond motifs is 3. The average molecular weight is 598 g/mol. The van der Waals surface area contributed by atoms with Gasteiger partial charge in [0.25, 0.3) is 5.91 Å². The highest BCUT2D eigenvalue weighted by Gasteiger charge is 2.73. The van der Waals surface area contributed by atoms with Gasteiger partial charge in [-0.05, 0) is 23.3 Å². The van der Waals surface area contributed by atoms with Crippen LogP contribution in [0.15, 0.2) is 64.4 Å². The van der Waals surface area contributed by atoms with Gasteiger partial charge in [0, 0.05) is 52.8 Å². The molecule has 9 nitrogen and oxygen atoms in total. The van der Waals surface area contributed by atoms with Crippen molar-refractivity contribution in [3.8, 4) is 5.75 Å². The zero-order chi connectivity index (χ0) is 28.5. The second-order valence-corrected chi connectivity index (χ2v) is 12.2. The minimum atomic E-state index is -1.26. The Hall–Kier alpha value is -3.70. The minimum absolute atomic E-state index is 0.0298. The lowest BCUT2D eigenvalue weighted by Crippen LogP contribution is -2.79. The van der Waals surface area contributed by atoms with Gasteiger partial charge in [0.2, 0.25) is 18.0 Å². The number of ether oxygens (including phenoxy) is 3. The number of rotatable bonds is 5. The monoisotopic (exact) mass is 597 g/mol. The number of carbonyl (C=O) groups excluding carboxylic acids is 2. The summed E-state index contributed by atoms with van der Waals surface area (Å²) in [6.45, 7) is -0.500. The number of benzene rings is 2. The molecule has 0 spiro atoms. The molecule has 2 aromatic carbocycles. The van der Waals surface area contributed by atoms with Gasteiger partial charge in [-0.3, -0.25) is 19.3 Å². The molecule has 1 aromatic heterocycles. The Bertz CT molecular complexity index is 1640. The number of nitrogens with zero attached hydrogens (tertiary/aromatic N) is 3. The lowest BCUT2D eigenvalue weighted by molar-refractivity contribution is -0.214. The number of hydrogen-bond donors (Lipinski definition) is 0. The van der Waals surface area contributed by atoms with Crippen LogP contribution in [0.5, 0.6) is 5.75 Å². The van der Waals surface area contributed by atoms with Gasteiger partial charge in [-0.15, -0.1) is 11.8 Å². The van der Waals surface area contributed by atoms with Crippen LogP contribution in [0.4, 0.5) is 9.18 Å². The molecule has 3 fully saturated rings. The van der Waals surface area contributed by atoms with Crippen molar-refractivity contribution in [2.45, 2.75) is 47.2 Å². The lowest BCUT2D eigenvalue weighted by atomic mass is 9.46. The highest BCUT2D eigenvalue weighted by Crippen LogP contribution is 2.66. The first-order valence-corrected chi connectivity index (χ1v) is 14.5. The first-order valence-electron chi connectivity index (χ1n) is 13.1. The number of halogens is 2. The predicted molar refractivity (Wildman–Crippen MR) is 149 cm³/mol. The molecule has 1 atom stereocenters. The molecule has 0 saturated heterocycles. The number of pyridine rings is 1. The smallest absolute Gasteiger partial charge is 0.451 e. The van der Waals surface area contributed by atoms with Crippen LogP contribution < -0.4 is 15.2 Å². The van der Waals surface area contributed by atoms with Crippen molar-refractivity contribution in [2.75, 3.05) is 25.6 Å². The Morgan fingerprint density at radius 1 is 1.12 bits per heavy atom. The topological polar surface area (TPSA) is 90.3 Å². The molecule has 2 bridgehead atoms. The van der Waals surface area contributed by atoms with Crippen molar-refractivity contribution >= 4 is 35.4 Å². The fourth-order valence-electron chi connectivity index (χ4n) is 6.60. The minimum Gasteiger partial charge on any atom is -0.451 e. The zero-order valence-electron chi connectivity index (χ0n) is 22.0. The highest BCUT2D eigenvalue weighted by molar-refractivity contribution is 7.98. The summed E-state index contributed by atoms with van der Waals surface area (Å²) in [7, 11) is 1.15. The average Bonchev–Trinajstić information content (AvgIpc) is 3.10. The summed E-state index contributed by atoms with van der Waals surface area (Å²) in [6.07, 6.45) is 1.27. The van der Waals surface area contributed by atoms with Gasteiger partial charge < -0.3 is 19.1 Å². The first-order chi connectivity index (χ1) is 19.7. The third-order valence-corrected chi connectivity index (χ3v) is 9.88. The van der Waals surface area contributed by atoms with E-state index in [0.29, 0.717) is 10.8 Å². The number of carbonyl (C=O) groups is 2. The third kappa shape index (κ3) is 4.00. The molecule has 1 amide bonds. The van der Waals surface area contributed by atoms with E-state index in [1.165, 1.54) is 12.3 Å². The maximum Gasteiger partial charge on any atom is 0.510 e. The van der Waals surface area contributed by atoms with Crippen LogP contribution in [-0.2, 0) is 15.2 Å². The van der Waals surface area contributed by atoms with E-state index < -0.39 is 41.5 Å². The molecule has 41 heavy (non-hydrogen) atoms. The molecule has 3 heterocycles. The van der Waals surface area contributed by atoms with Crippen LogP contribution >= 0.6 is 23.4 Å². The van der Waals surface area contributed by atoms with E-state index in [-0.39, 0.29) is 37.4 Å². The van der Waals surface area contributed by atoms with Gasteiger partial charge in [0.1, 0.15) is 18.4 Å². The van der Waals surface area contributed by atoms with E-state index >= 15 is 0 Å². The first kappa shape index (κ1) is 26.2. The number of thioether (sulfide) groups is 1. The fraction of sp³-hybridized carbons (Fsp3) is 0.345. The molecular weight excluding hydrogens is 573 g/mol. The van der Waals surface area contributed by atoms with E-state index in [9.17, 15) is 18.8 Å². The Kier molecular flexibility index (Phi) is 6.02. The van der Waals surface area contributed by atoms with E-state index in [0.717, 1.165) is 28.7 Å². The Morgan fingerprint density at radius 2 is 1.90 bits per heavy atom. The Balaban J connectivity index is 1.41. The van der Waals surface area contributed by atoms with Crippen molar-refractivity contribution in [3.05, 3.63) is 92.4 Å². The molecule has 0 N–H and O–H groups in total. The summed E-state index contributed by atoms with van der Waals surface area (Å²) in [5.41, 5.74) is 0.427. The normalized spacial score (nSPS) is 25.5. The van der Waals surface area contributed by atoms with Crippen molar-refractivity contribution < 1.29 is 28.2 Å². The fourth-order valence-corrected chi connectivity index (χ4v) is 7.98. The van der Waals surface area contributed by atoms with Gasteiger partial charge >= 0.3 is 6.16 Å². The molecule has 8 rings (SSSR count). The van der Waals surface area contributed by atoms with Gasteiger partial charge in [-0.25, -0.2) is 9.18 Å². The van der Waals surface area contributed by atoms with Gasteiger partial charge in [0.05, 0.1) is 12.6 Å². The zero-order valence-corrected chi connectivity index (χ0v) is 23.5. The number of alkyl halides is 1. The number of hydrogen-bond acceptors (Lipinski definition) is 8. The Morgan fingerprint density at radius 3 is 2.66 bits per heavy atom. The molecule has 5 aliphatic rings. The summed E-state index contributed by atoms with van der Waals surface area (Å²) >= 11 is 8.60. The van der Waals surface area contributed by atoms with Gasteiger partial charge in [-0.2, -0.15) is 0 Å². The molecule has 0 radical (unpaired) electrons. The standard InChI is InChI=1S/C29H25ClFN3O6S/c1-38-27(37)40-16-39-25-20(35)9-10-33-24(25)26(36)32(29-12-28(31,13-29)14-29)15-34(33)23-18-6-2-3-8-21(18)41-11-17-5-4-7-19(30)22(17)23/h2-10,23H,11-16H2,1H3/t23-,28?,29?/m1/s1. The van der Waals surface area contributed by atoms with Gasteiger partial charge in [-0.1, -0.05) is 41.9 Å². The summed E-state index contributed by atoms with van der Waals surface area (Å²) in [6, 6.07) is 14.7. The maximum atomic E-state index is 14.8. The van der Waals surface area contributed by atoms with Crippen molar-refractivity contribution in [1.29, 1.82) is 0 Å². The second kappa shape index (κ2) is 9.42. The second-order valence-electron chi connectivity index (χ2n) is 10.8.